The van der Waals surface area contributed by atoms with Crippen LogP contribution in [-0.4, -0.2) is 22.4 Å². The lowest BCUT2D eigenvalue weighted by Gasteiger charge is -2.20. The van der Waals surface area contributed by atoms with Crippen LogP contribution in [0.25, 0.3) is 50.0 Å². The summed E-state index contributed by atoms with van der Waals surface area (Å²) < 4.78 is 46.2. The monoisotopic (exact) mass is 721 g/mol. The zero-order valence-corrected chi connectivity index (χ0v) is 29.2. The highest BCUT2D eigenvalue weighted by molar-refractivity contribution is 6.16. The van der Waals surface area contributed by atoms with E-state index in [4.69, 9.17) is 9.98 Å². The predicted octanol–water partition coefficient (Wildman–Crippen LogP) is 9.48. The van der Waals surface area contributed by atoms with Crippen LogP contribution in [0.1, 0.15) is 23.1 Å². The lowest BCUT2D eigenvalue weighted by atomic mass is 9.94. The second-order valence-electron chi connectivity index (χ2n) is 13.3. The molecule has 2 heterocycles. The van der Waals surface area contributed by atoms with Crippen molar-refractivity contribution in [2.75, 3.05) is 0 Å². The van der Waals surface area contributed by atoms with Gasteiger partial charge < -0.3 is 9.88 Å². The number of hydrogen-bond donors (Lipinski definition) is 1. The van der Waals surface area contributed by atoms with E-state index in [2.05, 4.69) is 40.2 Å². The number of halogens is 3. The number of nitrogens with one attached hydrogen (secondary N) is 1. The zero-order valence-electron chi connectivity index (χ0n) is 29.2. The van der Waals surface area contributed by atoms with Gasteiger partial charge in [-0.05, 0) is 64.7 Å². The first kappa shape index (κ1) is 33.6. The quantitative estimate of drug-likeness (QED) is 0.197. The first-order valence-electron chi connectivity index (χ1n) is 17.8. The topological polar surface area (TPSA) is 65.5 Å². The van der Waals surface area contributed by atoms with Crippen molar-refractivity contribution in [3.63, 3.8) is 0 Å². The molecule has 9 rings (SSSR count). The molecule has 2 aliphatic rings. The molecular formula is C47H30F3N5. The molecule has 0 saturated carbocycles. The fourth-order valence-electron chi connectivity index (χ4n) is 7.36. The van der Waals surface area contributed by atoms with Gasteiger partial charge in [0.25, 0.3) is 0 Å². The maximum Gasteiger partial charge on any atom is 0.416 e. The highest BCUT2D eigenvalue weighted by Crippen LogP contribution is 2.36. The van der Waals surface area contributed by atoms with E-state index >= 15 is 0 Å². The Bertz CT molecular complexity index is 2940. The molecule has 0 atom stereocenters. The van der Waals surface area contributed by atoms with Crippen LogP contribution in [-0.2, 0) is 0 Å². The van der Waals surface area contributed by atoms with Gasteiger partial charge >= 0.3 is 6.18 Å². The minimum Gasteiger partial charge on any atom is -0.324 e. The number of para-hydroxylation sites is 1. The van der Waals surface area contributed by atoms with Crippen molar-refractivity contribution in [3.8, 4) is 22.9 Å². The van der Waals surface area contributed by atoms with Crippen LogP contribution in [0, 0.1) is 11.3 Å². The summed E-state index contributed by atoms with van der Waals surface area (Å²) in [5, 5.41) is 15.8. The maximum absolute atomic E-state index is 14.7. The molecule has 264 valence electrons. The van der Waals surface area contributed by atoms with Crippen LogP contribution >= 0.6 is 0 Å². The van der Waals surface area contributed by atoms with E-state index in [9.17, 15) is 18.4 Å². The fourth-order valence-corrected chi connectivity index (χ4v) is 7.36. The van der Waals surface area contributed by atoms with Gasteiger partial charge in [-0.2, -0.15) is 18.4 Å². The van der Waals surface area contributed by atoms with Crippen molar-refractivity contribution >= 4 is 44.9 Å². The highest BCUT2D eigenvalue weighted by atomic mass is 19.4. The summed E-state index contributed by atoms with van der Waals surface area (Å²) in [6, 6.07) is 48.8. The first-order valence-corrected chi connectivity index (χ1v) is 17.8. The zero-order chi connectivity index (χ0) is 37.5. The van der Waals surface area contributed by atoms with E-state index in [-0.39, 0.29) is 12.0 Å². The van der Waals surface area contributed by atoms with Gasteiger partial charge in [-0.15, -0.1) is 0 Å². The van der Waals surface area contributed by atoms with Crippen LogP contribution in [0.3, 0.4) is 0 Å². The molecule has 0 bridgehead atoms. The Kier molecular flexibility index (Phi) is 8.32. The van der Waals surface area contributed by atoms with Crippen molar-refractivity contribution in [1.29, 1.82) is 5.26 Å². The molecular weight excluding hydrogens is 692 g/mol. The van der Waals surface area contributed by atoms with Crippen molar-refractivity contribution < 1.29 is 13.2 Å². The van der Waals surface area contributed by atoms with Crippen molar-refractivity contribution in [3.05, 3.63) is 197 Å². The minimum absolute atomic E-state index is 0.100. The number of alkyl halides is 3. The Morgan fingerprint density at radius 3 is 2.07 bits per heavy atom. The van der Waals surface area contributed by atoms with E-state index in [0.717, 1.165) is 55.8 Å². The van der Waals surface area contributed by atoms with Crippen LogP contribution in [0.4, 0.5) is 13.2 Å². The Morgan fingerprint density at radius 1 is 0.636 bits per heavy atom. The third kappa shape index (κ3) is 6.22. The summed E-state index contributed by atoms with van der Waals surface area (Å²) in [6.07, 6.45) is -0.119. The molecule has 1 aromatic heterocycles. The number of aromatic nitrogens is 1. The van der Waals surface area contributed by atoms with Gasteiger partial charge in [0.1, 0.15) is 11.7 Å². The van der Waals surface area contributed by atoms with Gasteiger partial charge in [0.2, 0.25) is 0 Å². The molecule has 5 nitrogen and oxygen atoms in total. The van der Waals surface area contributed by atoms with Crippen LogP contribution in [0.5, 0.6) is 0 Å². The van der Waals surface area contributed by atoms with Crippen molar-refractivity contribution in [2.45, 2.75) is 12.6 Å². The smallest absolute Gasteiger partial charge is 0.324 e. The summed E-state index contributed by atoms with van der Waals surface area (Å²) in [7, 11) is 0. The minimum atomic E-state index is -4.56. The second kappa shape index (κ2) is 13.6. The number of nitrogens with zero attached hydrogens (tertiary/aromatic N) is 4. The number of hydrogen-bond acceptors (Lipinski definition) is 4. The van der Waals surface area contributed by atoms with Gasteiger partial charge in [-0.25, -0.2) is 9.98 Å². The van der Waals surface area contributed by atoms with E-state index in [0.29, 0.717) is 33.5 Å². The summed E-state index contributed by atoms with van der Waals surface area (Å²) >= 11 is 0. The van der Waals surface area contributed by atoms with Crippen LogP contribution in [0.15, 0.2) is 179 Å². The number of amidine groups is 2. The molecule has 0 amide bonds. The summed E-state index contributed by atoms with van der Waals surface area (Å²) in [5.41, 5.74) is 6.18. The molecule has 1 N–H and O–H groups in total. The molecule has 1 aliphatic heterocycles. The Labute approximate surface area is 314 Å². The molecule has 55 heavy (non-hydrogen) atoms. The van der Waals surface area contributed by atoms with Gasteiger partial charge in [0.05, 0.1) is 28.2 Å². The fraction of sp³-hybridized carbons (Fsp3) is 0.0426. The normalized spacial score (nSPS) is 16.3. The van der Waals surface area contributed by atoms with E-state index in [1.807, 2.05) is 103 Å². The first-order chi connectivity index (χ1) is 26.9. The van der Waals surface area contributed by atoms with E-state index in [1.54, 1.807) is 24.3 Å². The Hall–Kier alpha value is -7.24. The SMILES string of the molecule is N#Cc1ccc(-c2ccc3c4ccccc4n(-c4ccc(=C5CC=CC=C5C(F)(F)F)c(=C5N=C(c6ccccc6)N=C(c6ccccc6)N5)c4)c3c2)cc1. The number of rotatable bonds is 4. The Morgan fingerprint density at radius 2 is 1.33 bits per heavy atom. The van der Waals surface area contributed by atoms with Crippen molar-refractivity contribution in [1.82, 2.24) is 9.88 Å². The van der Waals surface area contributed by atoms with Gasteiger partial charge in [-0.1, -0.05) is 127 Å². The van der Waals surface area contributed by atoms with Crippen LogP contribution in [0.2, 0.25) is 0 Å². The molecule has 1 aliphatic carbocycles. The average Bonchev–Trinajstić information content (AvgIpc) is 3.57. The van der Waals surface area contributed by atoms with E-state index in [1.165, 1.54) is 6.08 Å². The molecule has 0 unspecified atom stereocenters. The third-order valence-electron chi connectivity index (χ3n) is 9.97. The molecule has 0 saturated heterocycles. The van der Waals surface area contributed by atoms with Gasteiger partial charge in [0.15, 0.2) is 5.84 Å². The van der Waals surface area contributed by atoms with Gasteiger partial charge in [0, 0.05) is 32.8 Å². The second-order valence-corrected chi connectivity index (χ2v) is 13.3. The number of nitriles is 1. The standard InChI is InChI=1S/C47H30F3N5/c48-47(49,50)41-17-9-7-15-37(41)36-26-24-35(28-40(36)46-53-44(32-11-3-1-4-12-32)52-45(54-46)33-13-5-2-6-14-33)55-42-18-10-8-16-38(42)39-25-23-34(27-43(39)55)31-21-19-30(29-51)20-22-31/h1-14,16-28H,15H2,(H,52,53,54). The molecule has 6 aromatic carbocycles. The highest BCUT2D eigenvalue weighted by Gasteiger charge is 2.36. The predicted molar refractivity (Wildman–Crippen MR) is 214 cm³/mol. The number of benzene rings is 6. The molecule has 0 fully saturated rings. The molecule has 0 radical (unpaired) electrons. The number of allylic oxidation sites excluding steroid dienone is 4. The van der Waals surface area contributed by atoms with Crippen molar-refractivity contribution in [2.24, 2.45) is 9.98 Å². The summed E-state index contributed by atoms with van der Waals surface area (Å²) in [6.45, 7) is 0. The Balaban J connectivity index is 1.36. The van der Waals surface area contributed by atoms with E-state index < -0.39 is 11.7 Å². The summed E-state index contributed by atoms with van der Waals surface area (Å²) in [4.78, 5) is 9.93. The molecule has 8 heteroatoms. The molecule has 7 aromatic rings. The third-order valence-corrected chi connectivity index (χ3v) is 9.97. The summed E-state index contributed by atoms with van der Waals surface area (Å²) in [5.74, 6) is 1.35. The van der Waals surface area contributed by atoms with Gasteiger partial charge in [-0.3, -0.25) is 0 Å². The van der Waals surface area contributed by atoms with Crippen LogP contribution < -0.4 is 15.8 Å². The maximum atomic E-state index is 14.7. The number of aliphatic imine (C=N–C) groups is 2. The average molecular weight is 722 g/mol. The largest absolute Gasteiger partial charge is 0.416 e. The lowest BCUT2D eigenvalue weighted by molar-refractivity contribution is -0.0874. The molecule has 0 spiro atoms. The number of fused-ring (bicyclic) bond motifs is 3. The lowest BCUT2D eigenvalue weighted by Crippen LogP contribution is -2.39.